The van der Waals surface area contributed by atoms with Gasteiger partial charge in [0.2, 0.25) is 0 Å². The van der Waals surface area contributed by atoms with Gasteiger partial charge >= 0.3 is 12.4 Å². The van der Waals surface area contributed by atoms with Crippen LogP contribution >= 0.6 is 11.8 Å². The first-order valence-corrected chi connectivity index (χ1v) is 17.1. The van der Waals surface area contributed by atoms with Crippen molar-refractivity contribution in [1.29, 1.82) is 0 Å². The highest BCUT2D eigenvalue weighted by atomic mass is 32.2. The number of carbonyl (C=O) groups is 1. The van der Waals surface area contributed by atoms with Crippen molar-refractivity contribution in [3.8, 4) is 22.8 Å². The molecular weight excluding hydrogens is 637 g/mol. The molecule has 0 radical (unpaired) electrons. The van der Waals surface area contributed by atoms with Crippen molar-refractivity contribution in [1.82, 2.24) is 20.1 Å². The third-order valence-corrected chi connectivity index (χ3v) is 9.32. The molecular formula is C36H41F3N6O2S. The number of urea groups is 1. The molecule has 1 fully saturated rings. The molecule has 0 saturated carbocycles. The van der Waals surface area contributed by atoms with Gasteiger partial charge in [-0.25, -0.2) is 14.5 Å². The lowest BCUT2D eigenvalue weighted by atomic mass is 9.95. The summed E-state index contributed by atoms with van der Waals surface area (Å²) in [4.78, 5) is 24.0. The average molecular weight is 679 g/mol. The molecule has 254 valence electrons. The number of alkyl halides is 3. The first-order valence-electron chi connectivity index (χ1n) is 16.1. The first kappa shape index (κ1) is 35.0. The fourth-order valence-electron chi connectivity index (χ4n) is 5.66. The van der Waals surface area contributed by atoms with E-state index in [1.54, 1.807) is 11.8 Å². The van der Waals surface area contributed by atoms with Crippen molar-refractivity contribution >= 4 is 28.6 Å². The van der Waals surface area contributed by atoms with Gasteiger partial charge < -0.3 is 15.0 Å². The Labute approximate surface area is 283 Å². The van der Waals surface area contributed by atoms with E-state index in [2.05, 4.69) is 82.8 Å². The summed E-state index contributed by atoms with van der Waals surface area (Å²) < 4.78 is 42.8. The molecule has 1 N–H and O–H groups in total. The molecule has 12 heteroatoms. The molecule has 1 saturated heterocycles. The highest BCUT2D eigenvalue weighted by molar-refractivity contribution is 8.14. The predicted molar refractivity (Wildman–Crippen MR) is 186 cm³/mol. The number of aliphatic imine (C=N–C) groups is 1. The van der Waals surface area contributed by atoms with E-state index in [0.29, 0.717) is 24.0 Å². The Kier molecular flexibility index (Phi) is 11.1. The Morgan fingerprint density at radius 2 is 1.81 bits per heavy atom. The number of hydrogen-bond acceptors (Lipinski definition) is 5. The first-order chi connectivity index (χ1) is 22.9. The number of thioether (sulfide) groups is 1. The van der Waals surface area contributed by atoms with Gasteiger partial charge in [-0.2, -0.15) is 4.99 Å². The minimum atomic E-state index is -4.74. The number of halogens is 3. The van der Waals surface area contributed by atoms with Crippen molar-refractivity contribution in [3.05, 3.63) is 89.7 Å². The van der Waals surface area contributed by atoms with E-state index in [0.717, 1.165) is 47.0 Å². The van der Waals surface area contributed by atoms with E-state index in [9.17, 15) is 18.0 Å². The molecule has 2 unspecified atom stereocenters. The Balaban J connectivity index is 1.13. The number of anilines is 1. The largest absolute Gasteiger partial charge is 0.573 e. The molecule has 0 spiro atoms. The number of amidine groups is 1. The zero-order chi connectivity index (χ0) is 34.4. The zero-order valence-electron chi connectivity index (χ0n) is 27.8. The molecule has 2 atom stereocenters. The summed E-state index contributed by atoms with van der Waals surface area (Å²) in [6.07, 6.45) is -0.512. The maximum absolute atomic E-state index is 12.9. The van der Waals surface area contributed by atoms with Gasteiger partial charge in [0.15, 0.2) is 11.0 Å². The third-order valence-electron chi connectivity index (χ3n) is 8.33. The molecule has 3 aromatic carbocycles. The van der Waals surface area contributed by atoms with Gasteiger partial charge in [-0.05, 0) is 92.0 Å². The molecule has 2 heterocycles. The number of hydrogen-bond donors (Lipinski definition) is 1. The summed E-state index contributed by atoms with van der Waals surface area (Å²) >= 11 is 1.63. The van der Waals surface area contributed by atoms with Gasteiger partial charge in [-0.15, -0.1) is 18.3 Å². The smallest absolute Gasteiger partial charge is 0.406 e. The van der Waals surface area contributed by atoms with E-state index >= 15 is 0 Å². The lowest BCUT2D eigenvalue weighted by molar-refractivity contribution is -0.274. The molecule has 48 heavy (non-hydrogen) atoms. The van der Waals surface area contributed by atoms with Crippen molar-refractivity contribution in [2.75, 3.05) is 17.2 Å². The van der Waals surface area contributed by atoms with Crippen LogP contribution in [0.5, 0.6) is 5.75 Å². The van der Waals surface area contributed by atoms with Crippen LogP contribution in [0, 0.1) is 6.92 Å². The maximum Gasteiger partial charge on any atom is 0.573 e. The zero-order valence-corrected chi connectivity index (χ0v) is 28.6. The van der Waals surface area contributed by atoms with Crippen molar-refractivity contribution in [2.45, 2.75) is 78.1 Å². The number of nitrogens with zero attached hydrogens (tertiary/aromatic N) is 5. The Hall–Kier alpha value is -4.32. The summed E-state index contributed by atoms with van der Waals surface area (Å²) in [6, 6.07) is 19.9. The number of benzene rings is 3. The number of ether oxygens (including phenoxy) is 1. The topological polar surface area (TPSA) is 84.6 Å². The van der Waals surface area contributed by atoms with E-state index in [4.69, 9.17) is 0 Å². The monoisotopic (exact) mass is 678 g/mol. The summed E-state index contributed by atoms with van der Waals surface area (Å²) in [5.74, 6) is 1.75. The van der Waals surface area contributed by atoms with E-state index in [-0.39, 0.29) is 23.7 Å². The predicted octanol–water partition coefficient (Wildman–Crippen LogP) is 9.25. The van der Waals surface area contributed by atoms with E-state index in [1.807, 2.05) is 24.3 Å². The van der Waals surface area contributed by atoms with Crippen molar-refractivity contribution in [2.24, 2.45) is 4.99 Å². The average Bonchev–Trinajstić information content (AvgIpc) is 3.53. The van der Waals surface area contributed by atoms with Gasteiger partial charge in [-0.1, -0.05) is 68.9 Å². The minimum absolute atomic E-state index is 0.248. The molecule has 0 aliphatic carbocycles. The van der Waals surface area contributed by atoms with Crippen molar-refractivity contribution < 1.29 is 22.7 Å². The lowest BCUT2D eigenvalue weighted by Crippen LogP contribution is -2.42. The maximum atomic E-state index is 12.9. The van der Waals surface area contributed by atoms with Crippen LogP contribution in [0.4, 0.5) is 23.7 Å². The fourth-order valence-corrected chi connectivity index (χ4v) is 6.87. The van der Waals surface area contributed by atoms with E-state index < -0.39 is 6.36 Å². The highest BCUT2D eigenvalue weighted by Crippen LogP contribution is 2.35. The van der Waals surface area contributed by atoms with Crippen LogP contribution in [-0.2, 0) is 0 Å². The van der Waals surface area contributed by atoms with Gasteiger partial charge in [0.1, 0.15) is 12.1 Å². The summed E-state index contributed by atoms with van der Waals surface area (Å²) in [5.41, 5.74) is 6.11. The van der Waals surface area contributed by atoms with Crippen LogP contribution in [0.25, 0.3) is 17.1 Å². The fraction of sp³-hybridized carbons (Fsp3) is 0.389. The van der Waals surface area contributed by atoms with Crippen molar-refractivity contribution in [3.63, 3.8) is 0 Å². The van der Waals surface area contributed by atoms with Gasteiger partial charge in [-0.3, -0.25) is 0 Å². The number of carbonyl (C=O) groups excluding carboxylic acids is 1. The normalized spacial score (nSPS) is 16.7. The number of amides is 2. The minimum Gasteiger partial charge on any atom is -0.406 e. The van der Waals surface area contributed by atoms with Crippen LogP contribution in [0.1, 0.15) is 75.5 Å². The second kappa shape index (κ2) is 15.3. The van der Waals surface area contributed by atoms with E-state index in [1.165, 1.54) is 46.4 Å². The van der Waals surface area contributed by atoms with Crippen LogP contribution < -0.4 is 15.0 Å². The molecule has 8 nitrogen and oxygen atoms in total. The number of nitrogens with one attached hydrogen (secondary N) is 1. The molecule has 4 aromatic rings. The summed E-state index contributed by atoms with van der Waals surface area (Å²) in [6.45, 7) is 11.4. The van der Waals surface area contributed by atoms with Crippen LogP contribution in [-0.4, -0.2) is 50.7 Å². The molecule has 1 aliphatic heterocycles. The Morgan fingerprint density at radius 3 is 2.50 bits per heavy atom. The molecule has 2 amide bonds. The van der Waals surface area contributed by atoms with Crippen LogP contribution in [0.15, 0.2) is 78.0 Å². The Bertz CT molecular complexity index is 1720. The lowest BCUT2D eigenvalue weighted by Gasteiger charge is -2.37. The second-order valence-electron chi connectivity index (χ2n) is 12.4. The van der Waals surface area contributed by atoms with Gasteiger partial charge in [0.25, 0.3) is 0 Å². The van der Waals surface area contributed by atoms with Gasteiger partial charge in [0.05, 0.1) is 5.69 Å². The molecule has 5 rings (SSSR count). The SMILES string of the molecule is Cc1ccc(C(C)C)c(N2/C(=N/C(=O)NCCCC(C)c3ccc(-c4ncn(-c5ccc(OC(F)(F)F)cc5)n4)cc3)SCCC2C)c1. The number of rotatable bonds is 10. The summed E-state index contributed by atoms with van der Waals surface area (Å²) in [5, 5.41) is 8.22. The summed E-state index contributed by atoms with van der Waals surface area (Å²) in [7, 11) is 0. The second-order valence-corrected chi connectivity index (χ2v) is 13.5. The number of aromatic nitrogens is 3. The molecule has 0 bridgehead atoms. The quantitative estimate of drug-likeness (QED) is 0.168. The Morgan fingerprint density at radius 1 is 1.08 bits per heavy atom. The molecule has 1 aromatic heterocycles. The highest BCUT2D eigenvalue weighted by Gasteiger charge is 2.31. The molecule has 1 aliphatic rings. The third kappa shape index (κ3) is 8.97. The standard InChI is InChI=1S/C36H41F3N6O2S/c1-23(2)31-17-8-24(3)21-32(31)45-26(5)18-20-48-35(45)42-34(46)40-19-6-7-25(4)27-9-11-28(12-10-27)33-41-22-44(43-33)29-13-15-30(16-14-29)47-36(37,38)39/h8-17,21-23,25-26H,6-7,18-20H2,1-5H3,(H,40,46)/b42-35-. The van der Waals surface area contributed by atoms with Gasteiger partial charge in [0, 0.05) is 29.6 Å². The number of aryl methyl sites for hydroxylation is 1. The van der Waals surface area contributed by atoms with Crippen LogP contribution in [0.3, 0.4) is 0 Å². The van der Waals surface area contributed by atoms with Crippen LogP contribution in [0.2, 0.25) is 0 Å².